The summed E-state index contributed by atoms with van der Waals surface area (Å²) in [5, 5.41) is 11.6. The van der Waals surface area contributed by atoms with Gasteiger partial charge < -0.3 is 0 Å². The third kappa shape index (κ3) is 6.09. The standard InChI is InChI=1S/C28H27Cl2N5O/c1-20-26(28(36)33-34-17-7-4-8-18-34)32-27(24-15-12-22(29)19-25(24)30)35(20)23-13-10-21(11-14-23)9-5-2-3-6-16-31/h10-15,19H,2-4,6-8,17-18H2,1H3,(H,33,36). The molecule has 1 saturated heterocycles. The van der Waals surface area contributed by atoms with Gasteiger partial charge in [0.1, 0.15) is 5.82 Å². The molecule has 2 heterocycles. The Hall–Kier alpha value is -3.29. The van der Waals surface area contributed by atoms with E-state index in [0.29, 0.717) is 45.7 Å². The fourth-order valence-corrected chi connectivity index (χ4v) is 4.69. The van der Waals surface area contributed by atoms with Crippen LogP contribution in [0.25, 0.3) is 17.1 Å². The van der Waals surface area contributed by atoms with Crippen LogP contribution in [0.5, 0.6) is 0 Å². The van der Waals surface area contributed by atoms with Crippen LogP contribution in [0, 0.1) is 30.1 Å². The number of unbranched alkanes of at least 4 members (excludes halogenated alkanes) is 2. The molecular weight excluding hydrogens is 493 g/mol. The number of hydrogen-bond acceptors (Lipinski definition) is 4. The number of hydrogen-bond donors (Lipinski definition) is 1. The maximum Gasteiger partial charge on any atom is 0.286 e. The molecule has 0 aliphatic carbocycles. The summed E-state index contributed by atoms with van der Waals surface area (Å²) in [5.74, 6) is 6.57. The zero-order valence-corrected chi connectivity index (χ0v) is 21.7. The molecule has 0 atom stereocenters. The van der Waals surface area contributed by atoms with Gasteiger partial charge in [-0.25, -0.2) is 9.99 Å². The Kier molecular flexibility index (Phi) is 8.67. The van der Waals surface area contributed by atoms with Crippen molar-refractivity contribution in [1.82, 2.24) is 20.0 Å². The largest absolute Gasteiger partial charge is 0.296 e. The summed E-state index contributed by atoms with van der Waals surface area (Å²) in [6, 6.07) is 15.2. The molecule has 1 aromatic heterocycles. The number of carbonyl (C=O) groups is 1. The van der Waals surface area contributed by atoms with Crippen LogP contribution in [0.1, 0.15) is 60.3 Å². The fraction of sp³-hybridized carbons (Fsp3) is 0.321. The highest BCUT2D eigenvalue weighted by Crippen LogP contribution is 2.33. The van der Waals surface area contributed by atoms with E-state index in [9.17, 15) is 4.79 Å². The van der Waals surface area contributed by atoms with Gasteiger partial charge in [-0.15, -0.1) is 0 Å². The van der Waals surface area contributed by atoms with E-state index in [-0.39, 0.29) is 5.91 Å². The van der Waals surface area contributed by atoms with Crippen LogP contribution in [0.15, 0.2) is 42.5 Å². The number of piperidine rings is 1. The van der Waals surface area contributed by atoms with Crippen molar-refractivity contribution >= 4 is 29.1 Å². The maximum atomic E-state index is 13.2. The van der Waals surface area contributed by atoms with Gasteiger partial charge in [0.15, 0.2) is 5.69 Å². The Morgan fingerprint density at radius 2 is 1.83 bits per heavy atom. The number of benzene rings is 2. The highest BCUT2D eigenvalue weighted by molar-refractivity contribution is 6.36. The predicted octanol–water partition coefficient (Wildman–Crippen LogP) is 6.33. The number of carbonyl (C=O) groups excluding carboxylic acids is 1. The van der Waals surface area contributed by atoms with Gasteiger partial charge in [-0.2, -0.15) is 5.26 Å². The summed E-state index contributed by atoms with van der Waals surface area (Å²) >= 11 is 12.7. The first-order valence-electron chi connectivity index (χ1n) is 12.0. The van der Waals surface area contributed by atoms with Crippen LogP contribution < -0.4 is 5.43 Å². The molecule has 1 amide bonds. The van der Waals surface area contributed by atoms with Crippen molar-refractivity contribution in [2.45, 2.75) is 45.4 Å². The molecule has 0 spiro atoms. The van der Waals surface area contributed by atoms with Crippen LogP contribution in [0.2, 0.25) is 10.0 Å². The topological polar surface area (TPSA) is 74.0 Å². The van der Waals surface area contributed by atoms with Crippen molar-refractivity contribution in [3.63, 3.8) is 0 Å². The van der Waals surface area contributed by atoms with Gasteiger partial charge in [-0.05, 0) is 68.7 Å². The Bertz CT molecular complexity index is 1340. The first kappa shape index (κ1) is 25.8. The van der Waals surface area contributed by atoms with Gasteiger partial charge >= 0.3 is 0 Å². The molecule has 0 unspecified atom stereocenters. The predicted molar refractivity (Wildman–Crippen MR) is 143 cm³/mol. The van der Waals surface area contributed by atoms with Gasteiger partial charge in [-0.1, -0.05) is 41.5 Å². The molecule has 1 aliphatic rings. The third-order valence-corrected chi connectivity index (χ3v) is 6.61. The number of aromatic nitrogens is 2. The number of nitrogens with one attached hydrogen (secondary N) is 1. The molecule has 0 radical (unpaired) electrons. The molecule has 6 nitrogen and oxygen atoms in total. The Labute approximate surface area is 221 Å². The molecule has 8 heteroatoms. The second kappa shape index (κ2) is 12.1. The minimum atomic E-state index is -0.237. The number of halogens is 2. The minimum Gasteiger partial charge on any atom is -0.296 e. The zero-order valence-electron chi connectivity index (χ0n) is 20.2. The van der Waals surface area contributed by atoms with E-state index in [1.54, 1.807) is 12.1 Å². The van der Waals surface area contributed by atoms with Gasteiger partial charge in [0, 0.05) is 47.8 Å². The van der Waals surface area contributed by atoms with Crippen LogP contribution >= 0.6 is 23.2 Å². The van der Waals surface area contributed by atoms with E-state index in [2.05, 4.69) is 23.3 Å². The molecule has 3 aromatic rings. The van der Waals surface area contributed by atoms with Crippen molar-refractivity contribution in [2.24, 2.45) is 0 Å². The average Bonchev–Trinajstić information content (AvgIpc) is 3.21. The Morgan fingerprint density at radius 1 is 1.08 bits per heavy atom. The molecule has 2 aromatic carbocycles. The van der Waals surface area contributed by atoms with Crippen molar-refractivity contribution in [1.29, 1.82) is 5.26 Å². The first-order chi connectivity index (χ1) is 17.5. The Balaban J connectivity index is 1.70. The lowest BCUT2D eigenvalue weighted by Gasteiger charge is -2.26. The number of rotatable bonds is 6. The van der Waals surface area contributed by atoms with E-state index in [1.807, 2.05) is 46.8 Å². The quantitative estimate of drug-likeness (QED) is 0.305. The highest BCUT2D eigenvalue weighted by Gasteiger charge is 2.24. The second-order valence-electron chi connectivity index (χ2n) is 8.68. The molecule has 4 rings (SSSR count). The summed E-state index contributed by atoms with van der Waals surface area (Å²) in [4.78, 5) is 18.0. The summed E-state index contributed by atoms with van der Waals surface area (Å²) in [7, 11) is 0. The first-order valence-corrected chi connectivity index (χ1v) is 12.8. The van der Waals surface area contributed by atoms with Gasteiger partial charge in [0.2, 0.25) is 0 Å². The minimum absolute atomic E-state index is 0.237. The number of hydrazine groups is 1. The van der Waals surface area contributed by atoms with Crippen LogP contribution in [0.3, 0.4) is 0 Å². The lowest BCUT2D eigenvalue weighted by Crippen LogP contribution is -2.45. The van der Waals surface area contributed by atoms with Crippen molar-refractivity contribution < 1.29 is 4.79 Å². The van der Waals surface area contributed by atoms with E-state index < -0.39 is 0 Å². The molecule has 184 valence electrons. The Morgan fingerprint density at radius 3 is 2.53 bits per heavy atom. The normalized spacial score (nSPS) is 13.5. The summed E-state index contributed by atoms with van der Waals surface area (Å²) < 4.78 is 1.93. The zero-order chi connectivity index (χ0) is 25.5. The lowest BCUT2D eigenvalue weighted by molar-refractivity contribution is 0.0744. The second-order valence-corrected chi connectivity index (χ2v) is 9.52. The number of nitriles is 1. The third-order valence-electron chi connectivity index (χ3n) is 6.06. The average molecular weight is 520 g/mol. The van der Waals surface area contributed by atoms with Gasteiger partial charge in [-0.3, -0.25) is 14.8 Å². The van der Waals surface area contributed by atoms with Crippen LogP contribution in [-0.2, 0) is 0 Å². The number of amides is 1. The molecule has 0 saturated carbocycles. The maximum absolute atomic E-state index is 13.2. The lowest BCUT2D eigenvalue weighted by atomic mass is 10.1. The van der Waals surface area contributed by atoms with E-state index in [0.717, 1.165) is 43.6 Å². The van der Waals surface area contributed by atoms with E-state index >= 15 is 0 Å². The van der Waals surface area contributed by atoms with E-state index in [4.69, 9.17) is 33.4 Å². The van der Waals surface area contributed by atoms with Crippen molar-refractivity contribution in [2.75, 3.05) is 13.1 Å². The fourth-order valence-electron chi connectivity index (χ4n) is 4.20. The molecule has 36 heavy (non-hydrogen) atoms. The highest BCUT2D eigenvalue weighted by atomic mass is 35.5. The summed E-state index contributed by atoms with van der Waals surface area (Å²) in [6.07, 6.45) is 5.27. The van der Waals surface area contributed by atoms with Crippen molar-refractivity contribution in [3.8, 4) is 35.0 Å². The van der Waals surface area contributed by atoms with Gasteiger partial charge in [0.25, 0.3) is 5.91 Å². The molecule has 1 fully saturated rings. The summed E-state index contributed by atoms with van der Waals surface area (Å²) in [6.45, 7) is 3.55. The molecule has 1 aliphatic heterocycles. The van der Waals surface area contributed by atoms with Crippen LogP contribution in [-0.4, -0.2) is 33.6 Å². The molecular formula is C28H27Cl2N5O. The summed E-state index contributed by atoms with van der Waals surface area (Å²) in [5.41, 5.74) is 6.48. The van der Waals surface area contributed by atoms with Gasteiger partial charge in [0.05, 0.1) is 16.8 Å². The number of nitrogens with zero attached hydrogens (tertiary/aromatic N) is 4. The number of imidazole rings is 1. The molecule has 0 bridgehead atoms. The smallest absolute Gasteiger partial charge is 0.286 e. The molecule has 1 N–H and O–H groups in total. The van der Waals surface area contributed by atoms with E-state index in [1.165, 1.54) is 6.42 Å². The van der Waals surface area contributed by atoms with Crippen molar-refractivity contribution in [3.05, 3.63) is 69.5 Å². The van der Waals surface area contributed by atoms with Crippen LogP contribution in [0.4, 0.5) is 0 Å². The monoisotopic (exact) mass is 519 g/mol. The SMILES string of the molecule is Cc1c(C(=O)NN2CCCCC2)nc(-c2ccc(Cl)cc2Cl)n1-c1ccc(C#CCCCC#N)cc1.